The molecule has 0 aliphatic rings. The molecule has 0 unspecified atom stereocenters. The maximum Gasteiger partial charge on any atom is 0.149 e. The fourth-order valence-electron chi connectivity index (χ4n) is 3.54. The van der Waals surface area contributed by atoms with Gasteiger partial charge < -0.3 is 9.67 Å². The quantitative estimate of drug-likeness (QED) is 0.605. The van der Waals surface area contributed by atoms with Crippen molar-refractivity contribution >= 4 is 17.8 Å². The van der Waals surface area contributed by atoms with Crippen LogP contribution in [0.4, 0.5) is 0 Å². The highest BCUT2D eigenvalue weighted by molar-refractivity contribution is 7.79. The molecule has 3 aromatic rings. The molecule has 134 valence electrons. The van der Waals surface area contributed by atoms with Gasteiger partial charge in [-0.15, -0.1) is 0 Å². The van der Waals surface area contributed by atoms with E-state index < -0.39 is 13.2 Å². The Morgan fingerprint density at radius 2 is 1.19 bits per heavy atom. The van der Waals surface area contributed by atoms with Gasteiger partial charge in [-0.1, -0.05) is 104 Å². The van der Waals surface area contributed by atoms with Crippen molar-refractivity contribution < 1.29 is 9.67 Å². The van der Waals surface area contributed by atoms with Crippen LogP contribution in [0.5, 0.6) is 0 Å². The Morgan fingerprint density at radius 1 is 0.769 bits per heavy atom. The van der Waals surface area contributed by atoms with Crippen molar-refractivity contribution in [3.63, 3.8) is 0 Å². The zero-order valence-corrected chi connectivity index (χ0v) is 15.9. The molecule has 0 heterocycles. The lowest BCUT2D eigenvalue weighted by Gasteiger charge is -2.32. The van der Waals surface area contributed by atoms with Gasteiger partial charge in [-0.3, -0.25) is 0 Å². The Labute approximate surface area is 155 Å². The second kappa shape index (κ2) is 8.49. The zero-order valence-electron chi connectivity index (χ0n) is 15.0. The molecule has 3 heteroatoms. The van der Waals surface area contributed by atoms with E-state index in [1.54, 1.807) is 0 Å². The monoisotopic (exact) mass is 364 g/mol. The molecule has 0 saturated carbocycles. The van der Waals surface area contributed by atoms with Crippen LogP contribution in [0, 0.1) is 0 Å². The minimum atomic E-state index is -3.02. The highest BCUT2D eigenvalue weighted by Crippen LogP contribution is 2.54. The first-order valence-electron chi connectivity index (χ1n) is 9.12. The van der Waals surface area contributed by atoms with Crippen molar-refractivity contribution in [1.82, 2.24) is 0 Å². The van der Waals surface area contributed by atoms with E-state index in [0.29, 0.717) is 6.42 Å². The average molecular weight is 364 g/mol. The molecular weight excluding hydrogens is 339 g/mol. The number of hydrogen-bond donors (Lipinski definition) is 1. The third-order valence-electron chi connectivity index (χ3n) is 4.84. The van der Waals surface area contributed by atoms with Gasteiger partial charge in [-0.25, -0.2) is 0 Å². The van der Waals surface area contributed by atoms with Gasteiger partial charge in [0.2, 0.25) is 0 Å². The maximum absolute atomic E-state index is 14.6. The lowest BCUT2D eigenvalue weighted by Crippen LogP contribution is -2.30. The lowest BCUT2D eigenvalue weighted by molar-refractivity contribution is 0.167. The molecule has 26 heavy (non-hydrogen) atoms. The van der Waals surface area contributed by atoms with Crippen molar-refractivity contribution in [3.8, 4) is 0 Å². The first-order chi connectivity index (χ1) is 12.7. The van der Waals surface area contributed by atoms with E-state index in [1.165, 1.54) is 0 Å². The van der Waals surface area contributed by atoms with Gasteiger partial charge in [-0.05, 0) is 12.0 Å². The van der Waals surface area contributed by atoms with Gasteiger partial charge in [-0.2, -0.15) is 0 Å². The molecule has 0 aliphatic carbocycles. The maximum atomic E-state index is 14.6. The first kappa shape index (κ1) is 18.6. The number of benzene rings is 3. The molecule has 0 fully saturated rings. The molecule has 0 saturated heterocycles. The standard InChI is InChI=1S/C23H25O2P/c1-2-12-22(23(24)19-13-6-3-7-14-19)26(25,20-15-8-4-9-16-20)21-17-10-5-11-18-21/h3-11,13-18,22-24H,2,12H2,1H3/t22-,23+/m1/s1. The summed E-state index contributed by atoms with van der Waals surface area (Å²) in [5.41, 5.74) is 0.456. The van der Waals surface area contributed by atoms with Crippen LogP contribution in [0.1, 0.15) is 31.4 Å². The van der Waals surface area contributed by atoms with E-state index in [4.69, 9.17) is 0 Å². The van der Waals surface area contributed by atoms with Crippen LogP contribution in [0.2, 0.25) is 0 Å². The highest BCUT2D eigenvalue weighted by Gasteiger charge is 2.40. The third kappa shape index (κ3) is 3.67. The van der Waals surface area contributed by atoms with Gasteiger partial charge in [0, 0.05) is 10.6 Å². The number of aliphatic hydroxyl groups excluding tert-OH is 1. The molecule has 0 bridgehead atoms. The Morgan fingerprint density at radius 3 is 1.62 bits per heavy atom. The summed E-state index contributed by atoms with van der Waals surface area (Å²) >= 11 is 0. The van der Waals surface area contributed by atoms with Crippen LogP contribution in [0.3, 0.4) is 0 Å². The predicted molar refractivity (Wildman–Crippen MR) is 110 cm³/mol. The number of aliphatic hydroxyl groups is 1. The van der Waals surface area contributed by atoms with E-state index in [-0.39, 0.29) is 5.66 Å². The zero-order chi connectivity index (χ0) is 18.4. The minimum absolute atomic E-state index is 0.361. The second-order valence-corrected chi connectivity index (χ2v) is 9.55. The van der Waals surface area contributed by atoms with Crippen LogP contribution in [0.25, 0.3) is 0 Å². The van der Waals surface area contributed by atoms with Crippen LogP contribution in [-0.4, -0.2) is 10.8 Å². The smallest absolute Gasteiger partial charge is 0.149 e. The van der Waals surface area contributed by atoms with E-state index in [2.05, 4.69) is 6.92 Å². The molecule has 2 nitrogen and oxygen atoms in total. The van der Waals surface area contributed by atoms with Gasteiger partial charge >= 0.3 is 0 Å². The summed E-state index contributed by atoms with van der Waals surface area (Å²) in [7, 11) is -3.02. The average Bonchev–Trinajstić information content (AvgIpc) is 2.73. The predicted octanol–water partition coefficient (Wildman–Crippen LogP) is 4.90. The summed E-state index contributed by atoms with van der Waals surface area (Å²) in [6.07, 6.45) is 0.775. The molecule has 0 radical (unpaired) electrons. The Hall–Kier alpha value is -2.15. The largest absolute Gasteiger partial charge is 0.388 e. The number of rotatable bonds is 7. The molecule has 2 atom stereocenters. The molecule has 1 N–H and O–H groups in total. The second-order valence-electron chi connectivity index (χ2n) is 6.54. The highest BCUT2D eigenvalue weighted by atomic mass is 31.2. The first-order valence-corrected chi connectivity index (χ1v) is 10.9. The van der Waals surface area contributed by atoms with Crippen molar-refractivity contribution in [2.24, 2.45) is 0 Å². The normalized spacial score (nSPS) is 13.9. The van der Waals surface area contributed by atoms with Gasteiger partial charge in [0.15, 0.2) is 0 Å². The molecule has 0 aliphatic heterocycles. The SMILES string of the molecule is CCC[C@H]([C@@H](O)c1ccccc1)P(=O)(c1ccccc1)c1ccccc1. The van der Waals surface area contributed by atoms with Crippen LogP contribution in [-0.2, 0) is 4.57 Å². The fraction of sp³-hybridized carbons (Fsp3) is 0.217. The summed E-state index contributed by atoms with van der Waals surface area (Å²) in [5, 5.41) is 12.8. The van der Waals surface area contributed by atoms with Crippen LogP contribution >= 0.6 is 7.14 Å². The van der Waals surface area contributed by atoms with Crippen molar-refractivity contribution in [2.75, 3.05) is 0 Å². The van der Waals surface area contributed by atoms with Gasteiger partial charge in [0.1, 0.15) is 7.14 Å². The summed E-state index contributed by atoms with van der Waals surface area (Å²) in [4.78, 5) is 0. The lowest BCUT2D eigenvalue weighted by atomic mass is 10.0. The van der Waals surface area contributed by atoms with Crippen molar-refractivity contribution in [2.45, 2.75) is 31.5 Å². The Bertz CT molecular complexity index is 804. The van der Waals surface area contributed by atoms with Gasteiger partial charge in [0.25, 0.3) is 0 Å². The molecule has 0 amide bonds. The molecular formula is C23H25O2P. The van der Waals surface area contributed by atoms with Crippen molar-refractivity contribution in [3.05, 3.63) is 96.6 Å². The topological polar surface area (TPSA) is 37.3 Å². The van der Waals surface area contributed by atoms with Crippen molar-refractivity contribution in [1.29, 1.82) is 0 Å². The fourth-order valence-corrected chi connectivity index (χ4v) is 7.02. The summed E-state index contributed by atoms with van der Waals surface area (Å²) in [6, 6.07) is 28.8. The summed E-state index contributed by atoms with van der Waals surface area (Å²) < 4.78 is 14.6. The third-order valence-corrected chi connectivity index (χ3v) is 8.44. The number of hydrogen-bond acceptors (Lipinski definition) is 2. The Balaban J connectivity index is 2.16. The molecule has 0 spiro atoms. The van der Waals surface area contributed by atoms with Crippen LogP contribution in [0.15, 0.2) is 91.0 Å². The van der Waals surface area contributed by atoms with E-state index in [9.17, 15) is 9.67 Å². The van der Waals surface area contributed by atoms with Gasteiger partial charge in [0.05, 0.1) is 11.8 Å². The molecule has 0 aromatic heterocycles. The van der Waals surface area contributed by atoms with E-state index >= 15 is 0 Å². The Kier molecular flexibility index (Phi) is 6.08. The summed E-state index contributed by atoms with van der Waals surface area (Å²) in [6.45, 7) is 2.07. The molecule has 3 aromatic carbocycles. The minimum Gasteiger partial charge on any atom is -0.388 e. The van der Waals surface area contributed by atoms with E-state index in [1.807, 2.05) is 91.0 Å². The summed E-state index contributed by atoms with van der Waals surface area (Å²) in [5.74, 6) is 0. The molecule has 3 rings (SSSR count). The van der Waals surface area contributed by atoms with E-state index in [0.717, 1.165) is 22.6 Å². The van der Waals surface area contributed by atoms with Crippen LogP contribution < -0.4 is 10.6 Å².